The molecule has 1 N–H and O–H groups in total. The monoisotopic (exact) mass is 277 g/mol. The number of ether oxygens (including phenoxy) is 1. The average molecular weight is 277 g/mol. The summed E-state index contributed by atoms with van der Waals surface area (Å²) in [6.45, 7) is 3.23. The molecular weight excluding hydrogens is 257 g/mol. The summed E-state index contributed by atoms with van der Waals surface area (Å²) in [5, 5.41) is 3.29. The molecule has 1 heterocycles. The summed E-state index contributed by atoms with van der Waals surface area (Å²) in [4.78, 5) is 11.5. The molecule has 4 heteroatoms. The van der Waals surface area contributed by atoms with Crippen LogP contribution < -0.4 is 10.1 Å². The van der Waals surface area contributed by atoms with Crippen molar-refractivity contribution in [2.75, 3.05) is 13.1 Å². The van der Waals surface area contributed by atoms with Gasteiger partial charge < -0.3 is 10.1 Å². The molecule has 1 aromatic carbocycles. The Bertz CT molecular complexity index is 519. The molecule has 2 fully saturated rings. The van der Waals surface area contributed by atoms with E-state index in [0.717, 1.165) is 44.3 Å². The van der Waals surface area contributed by atoms with E-state index in [1.165, 1.54) is 13.0 Å². The zero-order chi connectivity index (χ0) is 14.1. The minimum absolute atomic E-state index is 0.101. The van der Waals surface area contributed by atoms with Gasteiger partial charge in [0.15, 0.2) is 5.78 Å². The van der Waals surface area contributed by atoms with Crippen LogP contribution in [-0.4, -0.2) is 25.0 Å². The van der Waals surface area contributed by atoms with Crippen LogP contribution in [0.1, 0.15) is 54.4 Å². The van der Waals surface area contributed by atoms with E-state index < -0.39 is 5.82 Å². The maximum atomic E-state index is 14.0. The lowest BCUT2D eigenvalue weighted by Crippen LogP contribution is -2.37. The SMILES string of the molecule is CC(=O)c1cc(C2CC2)c(OC2CCCNC2)cc1F. The summed E-state index contributed by atoms with van der Waals surface area (Å²) < 4.78 is 20.0. The number of rotatable bonds is 4. The van der Waals surface area contributed by atoms with E-state index in [9.17, 15) is 9.18 Å². The van der Waals surface area contributed by atoms with Gasteiger partial charge in [-0.1, -0.05) is 0 Å². The topological polar surface area (TPSA) is 38.3 Å². The highest BCUT2D eigenvalue weighted by atomic mass is 19.1. The zero-order valence-corrected chi connectivity index (χ0v) is 11.7. The van der Waals surface area contributed by atoms with Gasteiger partial charge in [-0.3, -0.25) is 4.79 Å². The van der Waals surface area contributed by atoms with Gasteiger partial charge >= 0.3 is 0 Å². The van der Waals surface area contributed by atoms with Crippen molar-refractivity contribution < 1.29 is 13.9 Å². The molecule has 0 aromatic heterocycles. The van der Waals surface area contributed by atoms with Gasteiger partial charge in [-0.15, -0.1) is 0 Å². The molecule has 3 rings (SSSR count). The van der Waals surface area contributed by atoms with Crippen LogP contribution in [0.3, 0.4) is 0 Å². The highest BCUT2D eigenvalue weighted by Crippen LogP contribution is 2.45. The predicted molar refractivity (Wildman–Crippen MR) is 74.9 cm³/mol. The third-order valence-electron chi connectivity index (χ3n) is 4.04. The average Bonchev–Trinajstić information content (AvgIpc) is 3.24. The van der Waals surface area contributed by atoms with E-state index in [0.29, 0.717) is 11.7 Å². The first-order valence-corrected chi connectivity index (χ1v) is 7.37. The molecule has 1 saturated carbocycles. The zero-order valence-electron chi connectivity index (χ0n) is 11.7. The van der Waals surface area contributed by atoms with Crippen LogP contribution in [-0.2, 0) is 0 Å². The fourth-order valence-corrected chi connectivity index (χ4v) is 2.76. The van der Waals surface area contributed by atoms with Gasteiger partial charge in [-0.2, -0.15) is 0 Å². The Morgan fingerprint density at radius 3 is 2.75 bits per heavy atom. The van der Waals surface area contributed by atoms with E-state index in [-0.39, 0.29) is 17.5 Å². The number of Topliss-reactive ketones (excluding diaryl/α,β-unsaturated/α-hetero) is 1. The number of halogens is 1. The van der Waals surface area contributed by atoms with Gasteiger partial charge in [-0.05, 0) is 56.7 Å². The molecule has 1 aliphatic heterocycles. The lowest BCUT2D eigenvalue weighted by molar-refractivity contribution is 0.101. The van der Waals surface area contributed by atoms with Crippen LogP contribution in [0.15, 0.2) is 12.1 Å². The van der Waals surface area contributed by atoms with Crippen molar-refractivity contribution in [3.8, 4) is 5.75 Å². The number of benzene rings is 1. The standard InChI is InChI=1S/C16H20FNO2/c1-10(19)13-7-14(11-4-5-11)16(8-15(13)17)20-12-3-2-6-18-9-12/h7-8,11-12,18H,2-6,9H2,1H3. The third-order valence-corrected chi connectivity index (χ3v) is 4.04. The first-order chi connectivity index (χ1) is 9.65. The number of hydrogen-bond donors (Lipinski definition) is 1. The first kappa shape index (κ1) is 13.6. The lowest BCUT2D eigenvalue weighted by Gasteiger charge is -2.25. The van der Waals surface area contributed by atoms with E-state index in [1.54, 1.807) is 6.07 Å². The molecule has 1 saturated heterocycles. The Morgan fingerprint density at radius 1 is 1.35 bits per heavy atom. The largest absolute Gasteiger partial charge is 0.489 e. The lowest BCUT2D eigenvalue weighted by atomic mass is 10.0. The minimum Gasteiger partial charge on any atom is -0.489 e. The number of hydrogen-bond acceptors (Lipinski definition) is 3. The second-order valence-corrected chi connectivity index (χ2v) is 5.79. The van der Waals surface area contributed by atoms with Crippen LogP contribution in [0.4, 0.5) is 4.39 Å². The molecule has 1 aromatic rings. The number of ketones is 1. The van der Waals surface area contributed by atoms with Crippen molar-refractivity contribution >= 4 is 5.78 Å². The molecule has 1 unspecified atom stereocenters. The van der Waals surface area contributed by atoms with E-state index in [4.69, 9.17) is 4.74 Å². The van der Waals surface area contributed by atoms with Crippen LogP contribution in [0.25, 0.3) is 0 Å². The number of piperidine rings is 1. The Hall–Kier alpha value is -1.42. The molecular formula is C16H20FNO2. The van der Waals surface area contributed by atoms with Gasteiger partial charge in [0.25, 0.3) is 0 Å². The van der Waals surface area contributed by atoms with Crippen LogP contribution in [0.2, 0.25) is 0 Å². The summed E-state index contributed by atoms with van der Waals surface area (Å²) in [5.41, 5.74) is 1.18. The van der Waals surface area contributed by atoms with Crippen molar-refractivity contribution in [2.24, 2.45) is 0 Å². The third kappa shape index (κ3) is 2.85. The van der Waals surface area contributed by atoms with Crippen LogP contribution in [0, 0.1) is 5.82 Å². The molecule has 0 bridgehead atoms. The van der Waals surface area contributed by atoms with Crippen LogP contribution in [0.5, 0.6) is 5.75 Å². The molecule has 0 radical (unpaired) electrons. The molecule has 20 heavy (non-hydrogen) atoms. The minimum atomic E-state index is -0.472. The van der Waals surface area contributed by atoms with Gasteiger partial charge in [0.05, 0.1) is 5.56 Å². The summed E-state index contributed by atoms with van der Waals surface area (Å²) in [6, 6.07) is 3.10. The van der Waals surface area contributed by atoms with Crippen molar-refractivity contribution in [1.29, 1.82) is 0 Å². The highest BCUT2D eigenvalue weighted by molar-refractivity contribution is 5.94. The summed E-state index contributed by atoms with van der Waals surface area (Å²) in [5.74, 6) is 0.361. The maximum absolute atomic E-state index is 14.0. The van der Waals surface area contributed by atoms with Gasteiger partial charge in [0.1, 0.15) is 17.7 Å². The summed E-state index contributed by atoms with van der Waals surface area (Å²) in [7, 11) is 0. The smallest absolute Gasteiger partial charge is 0.162 e. The second kappa shape index (κ2) is 5.52. The maximum Gasteiger partial charge on any atom is 0.162 e. The molecule has 1 atom stereocenters. The van der Waals surface area contributed by atoms with Crippen molar-refractivity contribution in [3.63, 3.8) is 0 Å². The van der Waals surface area contributed by atoms with E-state index >= 15 is 0 Å². The molecule has 2 aliphatic rings. The Labute approximate surface area is 118 Å². The van der Waals surface area contributed by atoms with Gasteiger partial charge in [0, 0.05) is 12.6 Å². The molecule has 108 valence electrons. The number of carbonyl (C=O) groups is 1. The second-order valence-electron chi connectivity index (χ2n) is 5.79. The molecule has 3 nitrogen and oxygen atoms in total. The predicted octanol–water partition coefficient (Wildman–Crippen LogP) is 3.04. The molecule has 1 aliphatic carbocycles. The van der Waals surface area contributed by atoms with Crippen molar-refractivity contribution in [3.05, 3.63) is 29.1 Å². The van der Waals surface area contributed by atoms with E-state index in [2.05, 4.69) is 5.32 Å². The number of carbonyl (C=O) groups excluding carboxylic acids is 1. The van der Waals surface area contributed by atoms with Crippen molar-refractivity contribution in [1.82, 2.24) is 5.32 Å². The Balaban J connectivity index is 1.88. The van der Waals surface area contributed by atoms with Gasteiger partial charge in [0.2, 0.25) is 0 Å². The quantitative estimate of drug-likeness (QED) is 0.860. The van der Waals surface area contributed by atoms with Gasteiger partial charge in [-0.25, -0.2) is 4.39 Å². The highest BCUT2D eigenvalue weighted by Gasteiger charge is 2.30. The fraction of sp³-hybridized carbons (Fsp3) is 0.562. The Morgan fingerprint density at radius 2 is 2.15 bits per heavy atom. The summed E-state index contributed by atoms with van der Waals surface area (Å²) >= 11 is 0. The first-order valence-electron chi connectivity index (χ1n) is 7.37. The van der Waals surface area contributed by atoms with Crippen molar-refractivity contribution in [2.45, 2.75) is 44.6 Å². The Kier molecular flexibility index (Phi) is 3.74. The fourth-order valence-electron chi connectivity index (χ4n) is 2.76. The normalized spacial score (nSPS) is 22.6. The van der Waals surface area contributed by atoms with E-state index in [1.807, 2.05) is 0 Å². The van der Waals surface area contributed by atoms with Crippen LogP contribution >= 0.6 is 0 Å². The molecule has 0 amide bonds. The molecule has 0 spiro atoms. The number of nitrogens with one attached hydrogen (secondary N) is 1. The summed E-state index contributed by atoms with van der Waals surface area (Å²) in [6.07, 6.45) is 4.37.